The zero-order valence-electron chi connectivity index (χ0n) is 21.0. The van der Waals surface area contributed by atoms with E-state index in [0.717, 1.165) is 37.6 Å². The first-order chi connectivity index (χ1) is 15.8. The standard InChI is InChI=1S/C28H50O2S2/c1-3-5-7-9-11-13-15-17-19-29-27-21-25(23-31)26(24-32)22-28(27)30-20-18-16-14-12-10-8-6-4-2/h21-22,31-32H,3-20,23-24H2,1-2H3. The second-order valence-corrected chi connectivity index (χ2v) is 9.66. The van der Waals surface area contributed by atoms with Crippen molar-refractivity contribution < 1.29 is 9.47 Å². The third-order valence-corrected chi connectivity index (χ3v) is 6.80. The van der Waals surface area contributed by atoms with Gasteiger partial charge in [0.05, 0.1) is 13.2 Å². The molecule has 0 unspecified atom stereocenters. The summed E-state index contributed by atoms with van der Waals surface area (Å²) in [5.74, 6) is 3.15. The summed E-state index contributed by atoms with van der Waals surface area (Å²) in [6.45, 7) is 6.06. The smallest absolute Gasteiger partial charge is 0.161 e. The molecule has 1 rings (SSSR count). The summed E-state index contributed by atoms with van der Waals surface area (Å²) in [6.07, 6.45) is 21.0. The summed E-state index contributed by atoms with van der Waals surface area (Å²) in [6, 6.07) is 4.23. The van der Waals surface area contributed by atoms with E-state index in [0.29, 0.717) is 11.5 Å². The molecule has 0 N–H and O–H groups in total. The van der Waals surface area contributed by atoms with E-state index in [1.54, 1.807) is 0 Å². The second-order valence-electron chi connectivity index (χ2n) is 9.03. The first kappa shape index (κ1) is 29.6. The molecule has 0 bridgehead atoms. The lowest BCUT2D eigenvalue weighted by Gasteiger charge is -2.16. The van der Waals surface area contributed by atoms with Gasteiger partial charge in [0.1, 0.15) is 0 Å². The highest BCUT2D eigenvalue weighted by Crippen LogP contribution is 2.33. The summed E-state index contributed by atoms with van der Waals surface area (Å²) in [5, 5.41) is 0. The molecule has 1 aromatic carbocycles. The molecule has 186 valence electrons. The highest BCUT2D eigenvalue weighted by Gasteiger charge is 2.11. The molecule has 1 aromatic rings. The Hall–Kier alpha value is -0.480. The van der Waals surface area contributed by atoms with Gasteiger partial charge in [-0.2, -0.15) is 25.3 Å². The van der Waals surface area contributed by atoms with Gasteiger partial charge < -0.3 is 9.47 Å². The summed E-state index contributed by atoms with van der Waals surface area (Å²) < 4.78 is 12.3. The zero-order valence-corrected chi connectivity index (χ0v) is 22.8. The molecule has 2 nitrogen and oxygen atoms in total. The topological polar surface area (TPSA) is 18.5 Å². The largest absolute Gasteiger partial charge is 0.490 e. The van der Waals surface area contributed by atoms with Gasteiger partial charge in [-0.05, 0) is 36.1 Å². The van der Waals surface area contributed by atoms with Gasteiger partial charge in [-0.15, -0.1) is 0 Å². The van der Waals surface area contributed by atoms with Crippen LogP contribution in [-0.2, 0) is 11.5 Å². The Morgan fingerprint density at radius 2 is 0.812 bits per heavy atom. The third kappa shape index (κ3) is 13.9. The molecule has 0 aliphatic heterocycles. The first-order valence-electron chi connectivity index (χ1n) is 13.4. The Bertz CT molecular complexity index is 514. The van der Waals surface area contributed by atoms with Crippen LogP contribution in [0.25, 0.3) is 0 Å². The molecule has 0 saturated heterocycles. The van der Waals surface area contributed by atoms with E-state index in [1.165, 1.54) is 101 Å². The minimum absolute atomic E-state index is 0.697. The van der Waals surface area contributed by atoms with Crippen molar-refractivity contribution in [2.45, 2.75) is 128 Å². The molecule has 0 amide bonds. The van der Waals surface area contributed by atoms with Gasteiger partial charge in [0.2, 0.25) is 0 Å². The normalized spacial score (nSPS) is 11.1. The average molecular weight is 483 g/mol. The molecule has 0 heterocycles. The molecule has 4 heteroatoms. The third-order valence-electron chi connectivity index (χ3n) is 6.12. The van der Waals surface area contributed by atoms with Crippen LogP contribution in [0.4, 0.5) is 0 Å². The first-order valence-corrected chi connectivity index (χ1v) is 14.7. The Labute approximate surface area is 210 Å². The molecule has 0 aliphatic rings. The lowest BCUT2D eigenvalue weighted by atomic mass is 10.1. The van der Waals surface area contributed by atoms with Gasteiger partial charge in [-0.1, -0.05) is 104 Å². The lowest BCUT2D eigenvalue weighted by Crippen LogP contribution is -2.05. The van der Waals surface area contributed by atoms with Crippen molar-refractivity contribution in [3.05, 3.63) is 23.3 Å². The average Bonchev–Trinajstić information content (AvgIpc) is 2.82. The van der Waals surface area contributed by atoms with Gasteiger partial charge in [0, 0.05) is 11.5 Å². The van der Waals surface area contributed by atoms with Crippen molar-refractivity contribution in [3.63, 3.8) is 0 Å². The van der Waals surface area contributed by atoms with Gasteiger partial charge in [-0.3, -0.25) is 0 Å². The molecule has 0 aliphatic carbocycles. The molecule has 0 atom stereocenters. The van der Waals surface area contributed by atoms with Crippen molar-refractivity contribution in [1.29, 1.82) is 0 Å². The van der Waals surface area contributed by atoms with Gasteiger partial charge in [-0.25, -0.2) is 0 Å². The molecule has 0 aromatic heterocycles. The van der Waals surface area contributed by atoms with Crippen LogP contribution >= 0.6 is 25.3 Å². The maximum Gasteiger partial charge on any atom is 0.161 e. The highest BCUT2D eigenvalue weighted by molar-refractivity contribution is 7.79. The van der Waals surface area contributed by atoms with Crippen molar-refractivity contribution >= 4 is 25.3 Å². The van der Waals surface area contributed by atoms with Crippen LogP contribution < -0.4 is 9.47 Å². The van der Waals surface area contributed by atoms with Gasteiger partial charge in [0.15, 0.2) is 11.5 Å². The summed E-state index contributed by atoms with van der Waals surface area (Å²) in [4.78, 5) is 0. The van der Waals surface area contributed by atoms with Crippen LogP contribution in [0.3, 0.4) is 0 Å². The molecule has 0 spiro atoms. The summed E-state index contributed by atoms with van der Waals surface area (Å²) in [7, 11) is 0. The lowest BCUT2D eigenvalue weighted by molar-refractivity contribution is 0.258. The van der Waals surface area contributed by atoms with Crippen LogP contribution in [-0.4, -0.2) is 13.2 Å². The fourth-order valence-corrected chi connectivity index (χ4v) is 4.59. The maximum absolute atomic E-state index is 6.17. The van der Waals surface area contributed by atoms with Crippen LogP contribution in [0.1, 0.15) is 128 Å². The number of hydrogen-bond donors (Lipinski definition) is 2. The Kier molecular flexibility index (Phi) is 19.5. The molecule has 32 heavy (non-hydrogen) atoms. The number of hydrogen-bond acceptors (Lipinski definition) is 4. The fraction of sp³-hybridized carbons (Fsp3) is 0.786. The summed E-state index contributed by atoms with van der Waals surface area (Å²) in [5.41, 5.74) is 2.38. The minimum atomic E-state index is 0.697. The number of benzene rings is 1. The molecule has 0 saturated carbocycles. The number of unbranched alkanes of at least 4 members (excludes halogenated alkanes) is 14. The van der Waals surface area contributed by atoms with Crippen molar-refractivity contribution in [2.24, 2.45) is 0 Å². The Morgan fingerprint density at radius 3 is 1.12 bits per heavy atom. The number of thiol groups is 2. The van der Waals surface area contributed by atoms with Gasteiger partial charge >= 0.3 is 0 Å². The maximum atomic E-state index is 6.17. The van der Waals surface area contributed by atoms with Crippen molar-refractivity contribution in [2.75, 3.05) is 13.2 Å². The van der Waals surface area contributed by atoms with E-state index in [-0.39, 0.29) is 0 Å². The fourth-order valence-electron chi connectivity index (χ4n) is 4.00. The van der Waals surface area contributed by atoms with Crippen LogP contribution in [0.2, 0.25) is 0 Å². The SMILES string of the molecule is CCCCCCCCCCOc1cc(CS)c(CS)cc1OCCCCCCCCCC. The van der Waals surface area contributed by atoms with Crippen LogP contribution in [0, 0.1) is 0 Å². The molecule has 0 fully saturated rings. The van der Waals surface area contributed by atoms with E-state index < -0.39 is 0 Å². The monoisotopic (exact) mass is 482 g/mol. The predicted molar refractivity (Wildman–Crippen MR) is 148 cm³/mol. The second kappa shape index (κ2) is 21.1. The van der Waals surface area contributed by atoms with Crippen LogP contribution in [0.15, 0.2) is 12.1 Å². The van der Waals surface area contributed by atoms with E-state index in [2.05, 4.69) is 51.2 Å². The van der Waals surface area contributed by atoms with E-state index in [4.69, 9.17) is 9.47 Å². The predicted octanol–water partition coefficient (Wildman–Crippen LogP) is 9.59. The van der Waals surface area contributed by atoms with E-state index >= 15 is 0 Å². The number of rotatable bonds is 22. The minimum Gasteiger partial charge on any atom is -0.490 e. The zero-order chi connectivity index (χ0) is 23.3. The van der Waals surface area contributed by atoms with Crippen molar-refractivity contribution in [1.82, 2.24) is 0 Å². The van der Waals surface area contributed by atoms with E-state index in [9.17, 15) is 0 Å². The Morgan fingerprint density at radius 1 is 0.500 bits per heavy atom. The molecular formula is C28H50O2S2. The van der Waals surface area contributed by atoms with E-state index in [1.807, 2.05) is 0 Å². The molecule has 0 radical (unpaired) electrons. The number of ether oxygens (including phenoxy) is 2. The van der Waals surface area contributed by atoms with Crippen molar-refractivity contribution in [3.8, 4) is 11.5 Å². The Balaban J connectivity index is 2.39. The van der Waals surface area contributed by atoms with Crippen LogP contribution in [0.5, 0.6) is 11.5 Å². The summed E-state index contributed by atoms with van der Waals surface area (Å²) >= 11 is 8.99. The molecular weight excluding hydrogens is 432 g/mol. The van der Waals surface area contributed by atoms with Gasteiger partial charge in [0.25, 0.3) is 0 Å². The highest BCUT2D eigenvalue weighted by atomic mass is 32.1. The quantitative estimate of drug-likeness (QED) is 0.127.